The molecule has 0 aliphatic carbocycles. The van der Waals surface area contributed by atoms with Gasteiger partial charge in [0, 0.05) is 34.7 Å². The van der Waals surface area contributed by atoms with Gasteiger partial charge in [0.25, 0.3) is 0 Å². The van der Waals surface area contributed by atoms with Gasteiger partial charge < -0.3 is 10.1 Å². The van der Waals surface area contributed by atoms with Crippen molar-refractivity contribution in [2.45, 2.75) is 32.4 Å². The lowest BCUT2D eigenvalue weighted by Gasteiger charge is -2.30. The summed E-state index contributed by atoms with van der Waals surface area (Å²) in [6.45, 7) is 5.45. The smallest absolute Gasteiger partial charge is 0.0815 e. The Balaban J connectivity index is 0.000000956. The molecule has 0 bridgehead atoms. The van der Waals surface area contributed by atoms with Crippen LogP contribution in [0.1, 0.15) is 19.4 Å². The van der Waals surface area contributed by atoms with Crippen LogP contribution < -0.4 is 5.32 Å². The Bertz CT molecular complexity index is 403. The Kier molecular flexibility index (Phi) is 8.38. The summed E-state index contributed by atoms with van der Waals surface area (Å²) in [5.41, 5.74) is 1.25. The zero-order valence-electron chi connectivity index (χ0n) is 12.4. The number of hydrogen-bond donors (Lipinski definition) is 1. The Morgan fingerprint density at radius 1 is 1.35 bits per heavy atom. The fraction of sp³-hybridized carbons (Fsp3) is 0.600. The minimum absolute atomic E-state index is 0.0808. The molecular weight excluding hydrogens is 294 g/mol. The molecule has 0 saturated carbocycles. The van der Waals surface area contributed by atoms with E-state index >= 15 is 0 Å². The van der Waals surface area contributed by atoms with Crippen molar-refractivity contribution in [1.82, 2.24) is 5.32 Å². The molecule has 1 N–H and O–H groups in total. The Morgan fingerprint density at radius 2 is 2.00 bits per heavy atom. The Morgan fingerprint density at radius 3 is 2.50 bits per heavy atom. The van der Waals surface area contributed by atoms with Crippen LogP contribution in [0.4, 0.5) is 0 Å². The summed E-state index contributed by atoms with van der Waals surface area (Å²) in [5, 5.41) is 4.21. The molecule has 0 amide bonds. The average molecular weight is 318 g/mol. The standard InChI is InChI=1S/C13H18ClNO2S.C2H6/c1-18(16)9-13-7-15-12(8-17-13)6-10-2-4-11(14)5-3-10;1-2/h2-5,12-13,15H,6-9H2,1H3;1-2H3. The van der Waals surface area contributed by atoms with E-state index < -0.39 is 10.8 Å². The molecule has 5 heteroatoms. The van der Waals surface area contributed by atoms with E-state index in [4.69, 9.17) is 16.3 Å². The fourth-order valence-electron chi connectivity index (χ4n) is 2.07. The number of halogens is 1. The van der Waals surface area contributed by atoms with Crippen molar-refractivity contribution >= 4 is 22.4 Å². The highest BCUT2D eigenvalue weighted by atomic mass is 35.5. The van der Waals surface area contributed by atoms with E-state index in [1.165, 1.54) is 5.56 Å². The van der Waals surface area contributed by atoms with Crippen LogP contribution in [0, 0.1) is 0 Å². The maximum absolute atomic E-state index is 11.1. The average Bonchev–Trinajstić information content (AvgIpc) is 2.45. The summed E-state index contributed by atoms with van der Waals surface area (Å²) in [6.07, 6.45) is 2.72. The predicted octanol–water partition coefficient (Wildman–Crippen LogP) is 2.64. The van der Waals surface area contributed by atoms with E-state index in [9.17, 15) is 4.21 Å². The summed E-state index contributed by atoms with van der Waals surface area (Å²) in [4.78, 5) is 0. The number of morpholine rings is 1. The second kappa shape index (κ2) is 9.50. The lowest BCUT2D eigenvalue weighted by molar-refractivity contribution is 0.0179. The van der Waals surface area contributed by atoms with Gasteiger partial charge in [0.2, 0.25) is 0 Å². The van der Waals surface area contributed by atoms with E-state index in [-0.39, 0.29) is 6.10 Å². The first-order valence-corrected chi connectivity index (χ1v) is 9.13. The van der Waals surface area contributed by atoms with Crippen LogP contribution in [0.15, 0.2) is 24.3 Å². The molecule has 0 aromatic heterocycles. The number of nitrogens with one attached hydrogen (secondary N) is 1. The lowest BCUT2D eigenvalue weighted by atomic mass is 10.1. The first-order chi connectivity index (χ1) is 9.63. The third-order valence-electron chi connectivity index (χ3n) is 2.98. The van der Waals surface area contributed by atoms with Gasteiger partial charge in [-0.25, -0.2) is 0 Å². The van der Waals surface area contributed by atoms with E-state index in [2.05, 4.69) is 5.32 Å². The first-order valence-electron chi connectivity index (χ1n) is 7.03. The van der Waals surface area contributed by atoms with Crippen LogP contribution in [0.25, 0.3) is 0 Å². The van der Waals surface area contributed by atoms with Gasteiger partial charge >= 0.3 is 0 Å². The summed E-state index contributed by atoms with van der Waals surface area (Å²) in [7, 11) is -0.795. The van der Waals surface area contributed by atoms with Crippen molar-refractivity contribution in [3.63, 3.8) is 0 Å². The summed E-state index contributed by atoms with van der Waals surface area (Å²) < 4.78 is 16.8. The quantitative estimate of drug-likeness (QED) is 0.928. The highest BCUT2D eigenvalue weighted by molar-refractivity contribution is 7.84. The molecule has 1 heterocycles. The summed E-state index contributed by atoms with van der Waals surface area (Å²) in [6, 6.07) is 8.22. The van der Waals surface area contributed by atoms with Crippen molar-refractivity contribution in [1.29, 1.82) is 0 Å². The van der Waals surface area contributed by atoms with Crippen LogP contribution in [0.3, 0.4) is 0 Å². The Labute approximate surface area is 129 Å². The molecule has 0 radical (unpaired) electrons. The molecule has 1 aliphatic heterocycles. The van der Waals surface area contributed by atoms with Gasteiger partial charge in [0.05, 0.1) is 18.5 Å². The number of benzene rings is 1. The second-order valence-electron chi connectivity index (χ2n) is 4.63. The molecule has 2 rings (SSSR count). The molecule has 1 aromatic carbocycles. The molecule has 114 valence electrons. The van der Waals surface area contributed by atoms with E-state index in [1.807, 2.05) is 38.1 Å². The van der Waals surface area contributed by atoms with Crippen molar-refractivity contribution < 1.29 is 8.95 Å². The van der Waals surface area contributed by atoms with Gasteiger partial charge in [-0.05, 0) is 24.1 Å². The summed E-state index contributed by atoms with van der Waals surface area (Å²) in [5.74, 6) is 0.612. The molecule has 3 atom stereocenters. The molecule has 3 unspecified atom stereocenters. The number of hydrogen-bond acceptors (Lipinski definition) is 3. The minimum atomic E-state index is -0.795. The van der Waals surface area contributed by atoms with Gasteiger partial charge in [0.1, 0.15) is 0 Å². The van der Waals surface area contributed by atoms with Crippen LogP contribution >= 0.6 is 11.6 Å². The molecule has 1 aliphatic rings. The number of ether oxygens (including phenoxy) is 1. The molecule has 1 fully saturated rings. The van der Waals surface area contributed by atoms with Gasteiger partial charge in [-0.3, -0.25) is 4.21 Å². The third kappa shape index (κ3) is 6.35. The number of rotatable bonds is 4. The molecule has 1 aromatic rings. The van der Waals surface area contributed by atoms with Crippen molar-refractivity contribution in [2.24, 2.45) is 0 Å². The van der Waals surface area contributed by atoms with Gasteiger partial charge in [0.15, 0.2) is 0 Å². The van der Waals surface area contributed by atoms with Gasteiger partial charge in [-0.15, -0.1) is 0 Å². The van der Waals surface area contributed by atoms with E-state index in [0.717, 1.165) is 18.0 Å². The minimum Gasteiger partial charge on any atom is -0.374 e. The molecule has 3 nitrogen and oxygen atoms in total. The highest BCUT2D eigenvalue weighted by Gasteiger charge is 2.21. The SMILES string of the molecule is CC.CS(=O)CC1CNC(Cc2ccc(Cl)cc2)CO1. The van der Waals surface area contributed by atoms with Crippen molar-refractivity contribution in [3.05, 3.63) is 34.9 Å². The second-order valence-corrected chi connectivity index (χ2v) is 6.55. The van der Waals surface area contributed by atoms with E-state index in [1.54, 1.807) is 6.26 Å². The van der Waals surface area contributed by atoms with Crippen LogP contribution in [-0.2, 0) is 22.0 Å². The van der Waals surface area contributed by atoms with Gasteiger partial charge in [-0.2, -0.15) is 0 Å². The van der Waals surface area contributed by atoms with Crippen LogP contribution in [0.5, 0.6) is 0 Å². The van der Waals surface area contributed by atoms with Crippen molar-refractivity contribution in [2.75, 3.05) is 25.2 Å². The third-order valence-corrected chi connectivity index (χ3v) is 4.08. The van der Waals surface area contributed by atoms with E-state index in [0.29, 0.717) is 18.4 Å². The maximum Gasteiger partial charge on any atom is 0.0815 e. The normalized spacial score (nSPS) is 23.6. The van der Waals surface area contributed by atoms with Crippen LogP contribution in [-0.4, -0.2) is 41.5 Å². The fourth-order valence-corrected chi connectivity index (χ4v) is 2.94. The largest absolute Gasteiger partial charge is 0.374 e. The van der Waals surface area contributed by atoms with Crippen molar-refractivity contribution in [3.8, 4) is 0 Å². The highest BCUT2D eigenvalue weighted by Crippen LogP contribution is 2.13. The summed E-state index contributed by atoms with van der Waals surface area (Å²) >= 11 is 5.85. The lowest BCUT2D eigenvalue weighted by Crippen LogP contribution is -2.49. The zero-order valence-corrected chi connectivity index (χ0v) is 14.0. The molecular formula is C15H24ClNO2S. The van der Waals surface area contributed by atoms with Gasteiger partial charge in [-0.1, -0.05) is 37.6 Å². The van der Waals surface area contributed by atoms with Crippen LogP contribution in [0.2, 0.25) is 5.02 Å². The molecule has 1 saturated heterocycles. The molecule has 0 spiro atoms. The maximum atomic E-state index is 11.1. The Hall–Kier alpha value is -0.420. The topological polar surface area (TPSA) is 38.3 Å². The first kappa shape index (κ1) is 17.6. The molecule has 20 heavy (non-hydrogen) atoms. The monoisotopic (exact) mass is 317 g/mol. The predicted molar refractivity (Wildman–Crippen MR) is 87.0 cm³/mol. The zero-order chi connectivity index (χ0) is 15.0.